The normalized spacial score (nSPS) is 22.7. The van der Waals surface area contributed by atoms with Gasteiger partial charge in [0.15, 0.2) is 0 Å². The number of amides is 1. The van der Waals surface area contributed by atoms with Gasteiger partial charge in [0.1, 0.15) is 24.1 Å². The zero-order valence-electron chi connectivity index (χ0n) is 13.5. The van der Waals surface area contributed by atoms with E-state index in [9.17, 15) is 9.59 Å². The molecule has 0 spiro atoms. The quantitative estimate of drug-likeness (QED) is 0.867. The predicted molar refractivity (Wildman–Crippen MR) is 82.4 cm³/mol. The molecule has 2 atom stereocenters. The van der Waals surface area contributed by atoms with Crippen molar-refractivity contribution in [3.63, 3.8) is 0 Å². The number of fused-ring (bicyclic) bond motifs is 1. The zero-order chi connectivity index (χ0) is 16.6. The largest absolute Gasteiger partial charge is 0.488 e. The SMILES string of the molecule is CC(C)(C)OC(=O)N[C@@H]1CC[C@H]1Oc1ccc2c(c1)COC2=O. The maximum atomic E-state index is 11.8. The Bertz CT molecular complexity index is 634. The van der Waals surface area contributed by atoms with E-state index in [0.717, 1.165) is 18.4 Å². The summed E-state index contributed by atoms with van der Waals surface area (Å²) in [6, 6.07) is 5.24. The highest BCUT2D eigenvalue weighted by Crippen LogP contribution is 2.29. The lowest BCUT2D eigenvalue weighted by Crippen LogP contribution is -2.53. The molecule has 1 aliphatic carbocycles. The molecular weight excluding hydrogens is 298 g/mol. The van der Waals surface area contributed by atoms with E-state index in [0.29, 0.717) is 11.3 Å². The summed E-state index contributed by atoms with van der Waals surface area (Å²) in [6.45, 7) is 5.77. The van der Waals surface area contributed by atoms with E-state index in [4.69, 9.17) is 14.2 Å². The lowest BCUT2D eigenvalue weighted by Gasteiger charge is -2.37. The fourth-order valence-corrected chi connectivity index (χ4v) is 2.59. The summed E-state index contributed by atoms with van der Waals surface area (Å²) in [6.07, 6.45) is 1.21. The van der Waals surface area contributed by atoms with Crippen LogP contribution in [0.5, 0.6) is 5.75 Å². The van der Waals surface area contributed by atoms with Crippen molar-refractivity contribution in [2.45, 2.75) is 58.0 Å². The molecule has 2 aliphatic rings. The summed E-state index contributed by atoms with van der Waals surface area (Å²) in [5.41, 5.74) is 0.911. The summed E-state index contributed by atoms with van der Waals surface area (Å²) < 4.78 is 16.1. The molecule has 1 N–H and O–H groups in total. The van der Waals surface area contributed by atoms with Gasteiger partial charge in [0.05, 0.1) is 11.6 Å². The van der Waals surface area contributed by atoms with E-state index in [1.54, 1.807) is 12.1 Å². The summed E-state index contributed by atoms with van der Waals surface area (Å²) in [4.78, 5) is 23.2. The lowest BCUT2D eigenvalue weighted by molar-refractivity contribution is 0.0293. The molecule has 3 rings (SSSR count). The monoisotopic (exact) mass is 319 g/mol. The number of carbonyl (C=O) groups excluding carboxylic acids is 2. The molecule has 1 saturated carbocycles. The van der Waals surface area contributed by atoms with Crippen LogP contribution in [-0.4, -0.2) is 29.8 Å². The fourth-order valence-electron chi connectivity index (χ4n) is 2.59. The average Bonchev–Trinajstić information content (AvgIpc) is 2.80. The predicted octanol–water partition coefficient (Wildman–Crippen LogP) is 2.79. The van der Waals surface area contributed by atoms with E-state index in [1.807, 2.05) is 26.8 Å². The maximum absolute atomic E-state index is 11.8. The van der Waals surface area contributed by atoms with Crippen LogP contribution >= 0.6 is 0 Å². The van der Waals surface area contributed by atoms with Gasteiger partial charge in [-0.1, -0.05) is 0 Å². The van der Waals surface area contributed by atoms with Gasteiger partial charge < -0.3 is 19.5 Å². The second kappa shape index (κ2) is 5.76. The molecule has 1 aromatic rings. The zero-order valence-corrected chi connectivity index (χ0v) is 13.5. The van der Waals surface area contributed by atoms with Gasteiger partial charge in [0, 0.05) is 5.56 Å². The minimum Gasteiger partial charge on any atom is -0.488 e. The molecule has 23 heavy (non-hydrogen) atoms. The summed E-state index contributed by atoms with van der Waals surface area (Å²) in [5.74, 6) is 0.391. The van der Waals surface area contributed by atoms with Gasteiger partial charge in [-0.3, -0.25) is 0 Å². The smallest absolute Gasteiger partial charge is 0.408 e. The van der Waals surface area contributed by atoms with Crippen molar-refractivity contribution < 1.29 is 23.8 Å². The Balaban J connectivity index is 1.57. The number of benzene rings is 1. The van der Waals surface area contributed by atoms with Crippen LogP contribution < -0.4 is 10.1 Å². The molecule has 6 nitrogen and oxygen atoms in total. The lowest BCUT2D eigenvalue weighted by atomic mass is 9.89. The second-order valence-corrected chi connectivity index (χ2v) is 6.88. The highest BCUT2D eigenvalue weighted by molar-refractivity contribution is 5.93. The Kier molecular flexibility index (Phi) is 3.92. The van der Waals surface area contributed by atoms with Crippen molar-refractivity contribution in [2.24, 2.45) is 0 Å². The molecule has 6 heteroatoms. The van der Waals surface area contributed by atoms with Crippen molar-refractivity contribution in [2.75, 3.05) is 0 Å². The molecule has 124 valence electrons. The molecule has 0 aromatic heterocycles. The van der Waals surface area contributed by atoms with Crippen molar-refractivity contribution in [3.8, 4) is 5.75 Å². The number of ether oxygens (including phenoxy) is 3. The third kappa shape index (κ3) is 3.57. The summed E-state index contributed by atoms with van der Waals surface area (Å²) in [7, 11) is 0. The van der Waals surface area contributed by atoms with Gasteiger partial charge >= 0.3 is 12.1 Å². The van der Waals surface area contributed by atoms with Crippen LogP contribution in [0.1, 0.15) is 49.5 Å². The first-order valence-corrected chi connectivity index (χ1v) is 7.78. The molecule has 1 fully saturated rings. The van der Waals surface area contributed by atoms with Crippen LogP contribution in [0.25, 0.3) is 0 Å². The van der Waals surface area contributed by atoms with E-state index in [1.165, 1.54) is 0 Å². The second-order valence-electron chi connectivity index (χ2n) is 6.88. The average molecular weight is 319 g/mol. The van der Waals surface area contributed by atoms with Gasteiger partial charge in [0.2, 0.25) is 0 Å². The molecule has 1 aliphatic heterocycles. The van der Waals surface area contributed by atoms with Crippen molar-refractivity contribution in [3.05, 3.63) is 29.3 Å². The number of hydrogen-bond donors (Lipinski definition) is 1. The third-order valence-corrected chi connectivity index (χ3v) is 3.86. The van der Waals surface area contributed by atoms with E-state index in [-0.39, 0.29) is 24.7 Å². The number of rotatable bonds is 3. The standard InChI is InChI=1S/C17H21NO5/c1-17(2,3)23-16(20)18-13-6-7-14(13)22-11-4-5-12-10(8-11)9-21-15(12)19/h4-5,8,13-14H,6-7,9H2,1-3H3,(H,18,20)/t13-,14-/m1/s1. The number of alkyl carbamates (subject to hydrolysis) is 1. The number of cyclic esters (lactones) is 1. The maximum Gasteiger partial charge on any atom is 0.408 e. The Morgan fingerprint density at radius 2 is 2.09 bits per heavy atom. The number of carbonyl (C=O) groups is 2. The van der Waals surface area contributed by atoms with Gasteiger partial charge in [0.25, 0.3) is 0 Å². The molecular formula is C17H21NO5. The van der Waals surface area contributed by atoms with Gasteiger partial charge in [-0.15, -0.1) is 0 Å². The van der Waals surface area contributed by atoms with E-state index >= 15 is 0 Å². The Labute approximate surface area is 135 Å². The number of esters is 1. The minimum absolute atomic E-state index is 0.0593. The Morgan fingerprint density at radius 1 is 1.30 bits per heavy atom. The van der Waals surface area contributed by atoms with Gasteiger partial charge in [-0.05, 0) is 51.8 Å². The van der Waals surface area contributed by atoms with Gasteiger partial charge in [-0.25, -0.2) is 9.59 Å². The van der Waals surface area contributed by atoms with Crippen LogP contribution in [0, 0.1) is 0 Å². The molecule has 1 heterocycles. The van der Waals surface area contributed by atoms with Crippen molar-refractivity contribution >= 4 is 12.1 Å². The summed E-state index contributed by atoms with van der Waals surface area (Å²) >= 11 is 0. The Hall–Kier alpha value is -2.24. The summed E-state index contributed by atoms with van der Waals surface area (Å²) in [5, 5.41) is 2.84. The molecule has 0 radical (unpaired) electrons. The van der Waals surface area contributed by atoms with E-state index in [2.05, 4.69) is 5.32 Å². The molecule has 1 amide bonds. The first-order valence-electron chi connectivity index (χ1n) is 7.78. The minimum atomic E-state index is -0.517. The van der Waals surface area contributed by atoms with Crippen LogP contribution in [0.2, 0.25) is 0 Å². The van der Waals surface area contributed by atoms with Crippen LogP contribution in [0.3, 0.4) is 0 Å². The Morgan fingerprint density at radius 3 is 2.74 bits per heavy atom. The topological polar surface area (TPSA) is 73.9 Å². The van der Waals surface area contributed by atoms with Crippen molar-refractivity contribution in [1.82, 2.24) is 5.32 Å². The van der Waals surface area contributed by atoms with Crippen LogP contribution in [-0.2, 0) is 16.1 Å². The molecule has 0 saturated heterocycles. The first-order chi connectivity index (χ1) is 10.8. The van der Waals surface area contributed by atoms with Crippen LogP contribution in [0.4, 0.5) is 4.79 Å². The molecule has 1 aromatic carbocycles. The first kappa shape index (κ1) is 15.6. The van der Waals surface area contributed by atoms with Gasteiger partial charge in [-0.2, -0.15) is 0 Å². The van der Waals surface area contributed by atoms with E-state index < -0.39 is 11.7 Å². The van der Waals surface area contributed by atoms with Crippen LogP contribution in [0.15, 0.2) is 18.2 Å². The highest BCUT2D eigenvalue weighted by atomic mass is 16.6. The third-order valence-electron chi connectivity index (χ3n) is 3.86. The number of hydrogen-bond acceptors (Lipinski definition) is 5. The highest BCUT2D eigenvalue weighted by Gasteiger charge is 2.35. The fraction of sp³-hybridized carbons (Fsp3) is 0.529. The molecule has 0 bridgehead atoms. The molecule has 0 unspecified atom stereocenters. The number of nitrogens with one attached hydrogen (secondary N) is 1. The van der Waals surface area contributed by atoms with Crippen molar-refractivity contribution in [1.29, 1.82) is 0 Å².